The lowest BCUT2D eigenvalue weighted by molar-refractivity contribution is -0.137. The summed E-state index contributed by atoms with van der Waals surface area (Å²) >= 11 is 0. The van der Waals surface area contributed by atoms with Crippen LogP contribution in [-0.4, -0.2) is 90.7 Å². The van der Waals surface area contributed by atoms with E-state index < -0.39 is 45.7 Å². The highest BCUT2D eigenvalue weighted by Crippen LogP contribution is 2.35. The number of carbonyl (C=O) groups is 3. The monoisotopic (exact) mass is 650 g/mol. The first-order valence-corrected chi connectivity index (χ1v) is 16.0. The maximum atomic E-state index is 14.3. The summed E-state index contributed by atoms with van der Waals surface area (Å²) in [5.41, 5.74) is 1.13. The molecule has 4 amide bonds. The molecule has 1 atom stereocenters. The number of esters is 1. The SMILES string of the molecule is COCC1=C(C(=O)OC)[C@H](c2ccc(F)c(F)c2)N(C(=O)NCCNC2CCN(c3ccccc3NS(C)(=O)=O)CC2)C(=O)N1. The maximum absolute atomic E-state index is 14.3. The Morgan fingerprint density at radius 1 is 1.04 bits per heavy atom. The van der Waals surface area contributed by atoms with Crippen molar-refractivity contribution in [2.75, 3.05) is 62.9 Å². The second-order valence-electron chi connectivity index (χ2n) is 10.5. The van der Waals surface area contributed by atoms with Crippen molar-refractivity contribution in [3.63, 3.8) is 0 Å². The summed E-state index contributed by atoms with van der Waals surface area (Å²) in [4.78, 5) is 42.1. The third-order valence-electron chi connectivity index (χ3n) is 7.37. The van der Waals surface area contributed by atoms with E-state index in [1.807, 2.05) is 12.1 Å². The van der Waals surface area contributed by atoms with Crippen LogP contribution in [0.5, 0.6) is 0 Å². The van der Waals surface area contributed by atoms with Crippen molar-refractivity contribution in [3.05, 3.63) is 70.9 Å². The van der Waals surface area contributed by atoms with Crippen LogP contribution < -0.4 is 25.6 Å². The van der Waals surface area contributed by atoms with Gasteiger partial charge in [-0.25, -0.2) is 36.5 Å². The van der Waals surface area contributed by atoms with Gasteiger partial charge in [-0.2, -0.15) is 0 Å². The summed E-state index contributed by atoms with van der Waals surface area (Å²) in [5, 5.41) is 8.49. The molecule has 0 radical (unpaired) electrons. The summed E-state index contributed by atoms with van der Waals surface area (Å²) in [7, 11) is -0.980. The van der Waals surface area contributed by atoms with Gasteiger partial charge >= 0.3 is 18.0 Å². The first-order valence-electron chi connectivity index (χ1n) is 14.1. The fourth-order valence-corrected chi connectivity index (χ4v) is 5.94. The van der Waals surface area contributed by atoms with Gasteiger partial charge in [0.25, 0.3) is 0 Å². The normalized spacial score (nSPS) is 17.6. The summed E-state index contributed by atoms with van der Waals surface area (Å²) in [6.45, 7) is 1.58. The van der Waals surface area contributed by atoms with E-state index in [-0.39, 0.29) is 36.0 Å². The number of anilines is 2. The Bertz CT molecular complexity index is 1560. The van der Waals surface area contributed by atoms with Crippen LogP contribution in [0.2, 0.25) is 0 Å². The first-order chi connectivity index (χ1) is 21.4. The van der Waals surface area contributed by atoms with Crippen LogP contribution in [-0.2, 0) is 24.3 Å². The molecule has 244 valence electrons. The number of hydrogen-bond acceptors (Lipinski definition) is 9. The third-order valence-corrected chi connectivity index (χ3v) is 7.97. The van der Waals surface area contributed by atoms with Gasteiger partial charge in [0.05, 0.1) is 42.6 Å². The molecular weight excluding hydrogens is 614 g/mol. The largest absolute Gasteiger partial charge is 0.466 e. The van der Waals surface area contributed by atoms with Gasteiger partial charge in [0.15, 0.2) is 11.6 Å². The van der Waals surface area contributed by atoms with Crippen molar-refractivity contribution in [3.8, 4) is 0 Å². The molecule has 1 fully saturated rings. The van der Waals surface area contributed by atoms with Gasteiger partial charge in [-0.15, -0.1) is 0 Å². The average Bonchev–Trinajstić information content (AvgIpc) is 3.00. The number of rotatable bonds is 11. The molecule has 4 rings (SSSR count). The number of methoxy groups -OCH3 is 2. The summed E-state index contributed by atoms with van der Waals surface area (Å²) in [6, 6.07) is 6.94. The second kappa shape index (κ2) is 14.7. The van der Waals surface area contributed by atoms with E-state index in [2.05, 4.69) is 25.6 Å². The zero-order chi connectivity index (χ0) is 32.7. The van der Waals surface area contributed by atoms with Gasteiger partial charge in [0.1, 0.15) is 6.04 Å². The smallest absolute Gasteiger partial charge is 0.338 e. The molecule has 13 nitrogen and oxygen atoms in total. The maximum Gasteiger partial charge on any atom is 0.338 e. The lowest BCUT2D eigenvalue weighted by atomic mass is 9.93. The molecule has 0 aliphatic carbocycles. The Morgan fingerprint density at radius 3 is 2.40 bits per heavy atom. The van der Waals surface area contributed by atoms with Crippen molar-refractivity contribution in [1.82, 2.24) is 20.9 Å². The number of ether oxygens (including phenoxy) is 2. The predicted octanol–water partition coefficient (Wildman–Crippen LogP) is 2.44. The predicted molar refractivity (Wildman–Crippen MR) is 162 cm³/mol. The number of halogens is 2. The van der Waals surface area contributed by atoms with E-state index in [9.17, 15) is 31.6 Å². The second-order valence-corrected chi connectivity index (χ2v) is 12.3. The molecule has 2 aliphatic heterocycles. The Labute approximate surface area is 260 Å². The molecule has 0 bridgehead atoms. The van der Waals surface area contributed by atoms with Crippen molar-refractivity contribution >= 4 is 39.4 Å². The Hall–Kier alpha value is -4.28. The van der Waals surface area contributed by atoms with E-state index in [4.69, 9.17) is 9.47 Å². The average molecular weight is 651 g/mol. The molecule has 0 spiro atoms. The number of nitrogens with zero attached hydrogens (tertiary/aromatic N) is 2. The third kappa shape index (κ3) is 8.26. The number of piperidine rings is 1. The quantitative estimate of drug-likeness (QED) is 0.212. The molecule has 45 heavy (non-hydrogen) atoms. The van der Waals surface area contributed by atoms with Gasteiger partial charge in [-0.3, -0.25) is 4.72 Å². The highest BCUT2D eigenvalue weighted by molar-refractivity contribution is 7.92. The minimum Gasteiger partial charge on any atom is -0.466 e. The van der Waals surface area contributed by atoms with E-state index >= 15 is 0 Å². The van der Waals surface area contributed by atoms with Gasteiger partial charge in [-0.1, -0.05) is 18.2 Å². The number of nitrogens with one attached hydrogen (secondary N) is 4. The molecular formula is C29H36F2N6O7S. The number of para-hydroxylation sites is 2. The number of benzene rings is 2. The molecule has 0 saturated carbocycles. The summed E-state index contributed by atoms with van der Waals surface area (Å²) < 4.78 is 64.1. The van der Waals surface area contributed by atoms with Crippen molar-refractivity contribution in [1.29, 1.82) is 0 Å². The lowest BCUT2D eigenvalue weighted by Gasteiger charge is -2.37. The van der Waals surface area contributed by atoms with Crippen LogP contribution in [0.3, 0.4) is 0 Å². The van der Waals surface area contributed by atoms with E-state index in [0.717, 1.165) is 48.9 Å². The number of hydrogen-bond donors (Lipinski definition) is 4. The van der Waals surface area contributed by atoms with E-state index in [1.54, 1.807) is 12.1 Å². The summed E-state index contributed by atoms with van der Waals surface area (Å²) in [6.07, 6.45) is 2.61. The number of imide groups is 1. The summed E-state index contributed by atoms with van der Waals surface area (Å²) in [5.74, 6) is -3.25. The molecule has 1 saturated heterocycles. The van der Waals surface area contributed by atoms with Crippen LogP contribution in [0.15, 0.2) is 53.7 Å². The molecule has 2 aromatic rings. The fraction of sp³-hybridized carbons (Fsp3) is 0.414. The van der Waals surface area contributed by atoms with E-state index in [0.29, 0.717) is 25.3 Å². The molecule has 2 heterocycles. The van der Waals surface area contributed by atoms with Crippen LogP contribution in [0.4, 0.5) is 29.7 Å². The standard InChI is InChI=1S/C29H36F2N6O7S/c1-43-17-23-25(27(38)44-2)26(18-8-9-20(30)21(31)16-18)37(29(40)34-23)28(39)33-13-12-32-19-10-14-36(15-11-19)24-7-5-4-6-22(24)35-45(3,41)42/h4-9,16,19,26,32,35H,10-15,17H2,1-3H3,(H,33,39)(H,34,40)/t26-/m0/s1. The topological polar surface area (TPSA) is 158 Å². The zero-order valence-corrected chi connectivity index (χ0v) is 25.9. The Kier molecular flexibility index (Phi) is 11.0. The zero-order valence-electron chi connectivity index (χ0n) is 25.1. The highest BCUT2D eigenvalue weighted by atomic mass is 32.2. The van der Waals surface area contributed by atoms with Crippen LogP contribution in [0, 0.1) is 11.6 Å². The Balaban J connectivity index is 1.40. The van der Waals surface area contributed by atoms with Crippen molar-refractivity contribution in [2.45, 2.75) is 24.9 Å². The van der Waals surface area contributed by atoms with Gasteiger partial charge in [0.2, 0.25) is 10.0 Å². The van der Waals surface area contributed by atoms with Crippen LogP contribution in [0.25, 0.3) is 0 Å². The first kappa shape index (κ1) is 33.6. The van der Waals surface area contributed by atoms with Crippen LogP contribution >= 0.6 is 0 Å². The number of amides is 4. The van der Waals surface area contributed by atoms with E-state index in [1.165, 1.54) is 13.2 Å². The number of carbonyl (C=O) groups excluding carboxylic acids is 3. The molecule has 0 unspecified atom stereocenters. The number of urea groups is 2. The molecule has 2 aliphatic rings. The van der Waals surface area contributed by atoms with Crippen LogP contribution in [0.1, 0.15) is 24.4 Å². The van der Waals surface area contributed by atoms with Crippen molar-refractivity contribution < 1.29 is 41.1 Å². The molecule has 4 N–H and O–H groups in total. The van der Waals surface area contributed by atoms with Gasteiger partial charge in [-0.05, 0) is 42.7 Å². The Morgan fingerprint density at radius 2 is 1.76 bits per heavy atom. The van der Waals surface area contributed by atoms with Gasteiger partial charge in [0, 0.05) is 39.3 Å². The molecule has 2 aromatic carbocycles. The fourth-order valence-electron chi connectivity index (χ4n) is 5.37. The van der Waals surface area contributed by atoms with Gasteiger partial charge < -0.3 is 30.3 Å². The van der Waals surface area contributed by atoms with Crippen molar-refractivity contribution in [2.24, 2.45) is 0 Å². The minimum atomic E-state index is -3.43. The molecule has 0 aromatic heterocycles. The highest BCUT2D eigenvalue weighted by Gasteiger charge is 2.43. The molecule has 16 heteroatoms. The number of sulfonamides is 1. The minimum absolute atomic E-state index is 0.0221. The lowest BCUT2D eigenvalue weighted by Crippen LogP contribution is -2.56.